The smallest absolute Gasteiger partial charge is 0.309 e. The van der Waals surface area contributed by atoms with E-state index in [-0.39, 0.29) is 40.6 Å². The number of rotatable bonds is 6. The lowest BCUT2D eigenvalue weighted by molar-refractivity contribution is -0.148. The Morgan fingerprint density at radius 1 is 1.11 bits per heavy atom. The van der Waals surface area contributed by atoms with E-state index in [1.807, 2.05) is 0 Å². The largest absolute Gasteiger partial charge is 0.466 e. The lowest BCUT2D eigenvalue weighted by atomic mass is 9.98. The quantitative estimate of drug-likeness (QED) is 0.666. The van der Waals surface area contributed by atoms with Crippen LogP contribution in [0.1, 0.15) is 26.2 Å². The van der Waals surface area contributed by atoms with E-state index in [9.17, 15) is 22.0 Å². The zero-order valence-corrected chi connectivity index (χ0v) is 16.3. The van der Waals surface area contributed by atoms with E-state index < -0.39 is 21.5 Å². The Hall–Kier alpha value is -2.28. The molecule has 0 heterocycles. The molecule has 28 heavy (non-hydrogen) atoms. The van der Waals surface area contributed by atoms with Gasteiger partial charge in [0, 0.05) is 11.6 Å². The van der Waals surface area contributed by atoms with Gasteiger partial charge in [-0.3, -0.25) is 4.79 Å². The van der Waals surface area contributed by atoms with E-state index in [1.54, 1.807) is 6.92 Å². The molecular formula is C21H22F2O4S. The van der Waals surface area contributed by atoms with Gasteiger partial charge in [-0.05, 0) is 55.5 Å². The van der Waals surface area contributed by atoms with E-state index in [0.29, 0.717) is 18.4 Å². The number of carbonyl (C=O) groups is 1. The third-order valence-corrected chi connectivity index (χ3v) is 6.99. The molecule has 2 aromatic rings. The van der Waals surface area contributed by atoms with Crippen LogP contribution < -0.4 is 0 Å². The first-order valence-electron chi connectivity index (χ1n) is 9.26. The van der Waals surface area contributed by atoms with Gasteiger partial charge in [-0.25, -0.2) is 17.2 Å². The third-order valence-electron chi connectivity index (χ3n) is 5.14. The van der Waals surface area contributed by atoms with E-state index in [2.05, 4.69) is 0 Å². The number of esters is 1. The van der Waals surface area contributed by atoms with Crippen molar-refractivity contribution in [3.05, 3.63) is 54.1 Å². The zero-order chi connectivity index (χ0) is 20.3. The Bertz CT molecular complexity index is 955. The normalized spacial score (nSPS) is 19.5. The van der Waals surface area contributed by atoms with Gasteiger partial charge in [0.05, 0.1) is 23.2 Å². The molecule has 0 N–H and O–H groups in total. The summed E-state index contributed by atoms with van der Waals surface area (Å²) in [5.41, 5.74) is 0.658. The Morgan fingerprint density at radius 2 is 1.82 bits per heavy atom. The molecule has 0 bridgehead atoms. The van der Waals surface area contributed by atoms with Gasteiger partial charge < -0.3 is 4.74 Å². The maximum atomic E-state index is 13.9. The molecule has 1 fully saturated rings. The minimum absolute atomic E-state index is 0.119. The summed E-state index contributed by atoms with van der Waals surface area (Å²) in [6.45, 7) is 2.00. The summed E-state index contributed by atoms with van der Waals surface area (Å²) in [4.78, 5) is 12.2. The van der Waals surface area contributed by atoms with Crippen molar-refractivity contribution < 1.29 is 26.7 Å². The molecule has 0 spiro atoms. The number of hydrogen-bond acceptors (Lipinski definition) is 4. The summed E-state index contributed by atoms with van der Waals surface area (Å²) in [6.07, 6.45) is 2.11. The summed E-state index contributed by atoms with van der Waals surface area (Å²) >= 11 is 0. The zero-order valence-electron chi connectivity index (χ0n) is 15.5. The summed E-state index contributed by atoms with van der Waals surface area (Å²) in [7, 11) is -3.60. The molecule has 0 aromatic heterocycles. The molecule has 0 unspecified atom stereocenters. The molecule has 7 heteroatoms. The monoisotopic (exact) mass is 408 g/mol. The highest BCUT2D eigenvalue weighted by Crippen LogP contribution is 2.35. The minimum atomic E-state index is -3.60. The first-order valence-corrected chi connectivity index (χ1v) is 10.9. The molecule has 1 aliphatic carbocycles. The Kier molecular flexibility index (Phi) is 6.13. The van der Waals surface area contributed by atoms with Gasteiger partial charge in [0.15, 0.2) is 9.84 Å². The maximum absolute atomic E-state index is 13.9. The van der Waals surface area contributed by atoms with Crippen molar-refractivity contribution in [1.29, 1.82) is 0 Å². The van der Waals surface area contributed by atoms with Gasteiger partial charge in [0.25, 0.3) is 0 Å². The van der Waals surface area contributed by atoms with E-state index in [0.717, 1.165) is 18.6 Å². The van der Waals surface area contributed by atoms with Gasteiger partial charge >= 0.3 is 5.97 Å². The van der Waals surface area contributed by atoms with Crippen LogP contribution in [0.3, 0.4) is 0 Å². The topological polar surface area (TPSA) is 60.4 Å². The van der Waals surface area contributed by atoms with Gasteiger partial charge in [-0.1, -0.05) is 18.6 Å². The first kappa shape index (κ1) is 20.5. The van der Waals surface area contributed by atoms with Gasteiger partial charge in [0.2, 0.25) is 0 Å². The predicted molar refractivity (Wildman–Crippen MR) is 101 cm³/mol. The number of sulfone groups is 1. The summed E-state index contributed by atoms with van der Waals surface area (Å²) in [5.74, 6) is -2.49. The summed E-state index contributed by atoms with van der Waals surface area (Å²) in [6, 6.07) is 9.09. The van der Waals surface area contributed by atoms with Crippen LogP contribution in [-0.2, 0) is 19.4 Å². The Labute approximate surface area is 163 Å². The van der Waals surface area contributed by atoms with Crippen molar-refractivity contribution in [2.45, 2.75) is 31.1 Å². The highest BCUT2D eigenvalue weighted by molar-refractivity contribution is 7.91. The summed E-state index contributed by atoms with van der Waals surface area (Å²) < 4.78 is 57.6. The van der Waals surface area contributed by atoms with Crippen LogP contribution in [0.5, 0.6) is 0 Å². The van der Waals surface area contributed by atoms with Crippen LogP contribution >= 0.6 is 0 Å². The molecular weight excluding hydrogens is 386 g/mol. The van der Waals surface area contributed by atoms with Crippen LogP contribution in [0.25, 0.3) is 11.1 Å². The molecule has 150 valence electrons. The van der Waals surface area contributed by atoms with Crippen molar-refractivity contribution in [3.63, 3.8) is 0 Å². The molecule has 0 aliphatic heterocycles. The van der Waals surface area contributed by atoms with Gasteiger partial charge in [-0.2, -0.15) is 0 Å². The van der Waals surface area contributed by atoms with Crippen molar-refractivity contribution >= 4 is 15.8 Å². The van der Waals surface area contributed by atoms with Crippen molar-refractivity contribution in [2.24, 2.45) is 11.8 Å². The van der Waals surface area contributed by atoms with Crippen LogP contribution in [0.15, 0.2) is 47.4 Å². The molecule has 2 atom stereocenters. The lowest BCUT2D eigenvalue weighted by Crippen LogP contribution is -2.27. The maximum Gasteiger partial charge on any atom is 0.309 e. The number of halogens is 2. The molecule has 1 aliphatic rings. The van der Waals surface area contributed by atoms with Gasteiger partial charge in [-0.15, -0.1) is 0 Å². The molecule has 0 saturated heterocycles. The van der Waals surface area contributed by atoms with Crippen LogP contribution in [-0.4, -0.2) is 26.7 Å². The lowest BCUT2D eigenvalue weighted by Gasteiger charge is -2.18. The third kappa shape index (κ3) is 4.41. The standard InChI is InChI=1S/C21H22F2O4S/c1-2-27-21(24)19-5-3-4-15(19)13-28(25,26)17-9-6-14(7-10-17)18-11-8-16(22)12-20(18)23/h6-12,15,19H,2-5,13H2,1H3/t15-,19-/m0/s1. The van der Waals surface area contributed by atoms with Crippen molar-refractivity contribution in [3.8, 4) is 11.1 Å². The Balaban J connectivity index is 1.78. The molecule has 1 saturated carbocycles. The average molecular weight is 408 g/mol. The molecule has 0 amide bonds. The van der Waals surface area contributed by atoms with E-state index >= 15 is 0 Å². The number of hydrogen-bond donors (Lipinski definition) is 0. The van der Waals surface area contributed by atoms with Gasteiger partial charge in [0.1, 0.15) is 11.6 Å². The fourth-order valence-corrected chi connectivity index (χ4v) is 5.45. The average Bonchev–Trinajstić information content (AvgIpc) is 3.09. The second-order valence-electron chi connectivity index (χ2n) is 6.98. The molecule has 2 aromatic carbocycles. The second kappa shape index (κ2) is 8.39. The van der Waals surface area contributed by atoms with E-state index in [4.69, 9.17) is 4.74 Å². The number of benzene rings is 2. The number of ether oxygens (including phenoxy) is 1. The van der Waals surface area contributed by atoms with Crippen molar-refractivity contribution in [1.82, 2.24) is 0 Å². The van der Waals surface area contributed by atoms with E-state index in [1.165, 1.54) is 30.3 Å². The van der Waals surface area contributed by atoms with Crippen LogP contribution in [0.4, 0.5) is 8.78 Å². The highest BCUT2D eigenvalue weighted by Gasteiger charge is 2.37. The van der Waals surface area contributed by atoms with Crippen LogP contribution in [0, 0.1) is 23.5 Å². The van der Waals surface area contributed by atoms with Crippen LogP contribution in [0.2, 0.25) is 0 Å². The summed E-state index contributed by atoms with van der Waals surface area (Å²) in [5, 5.41) is 0. The predicted octanol–water partition coefficient (Wildman–Crippen LogP) is 4.38. The molecule has 0 radical (unpaired) electrons. The number of carbonyl (C=O) groups excluding carboxylic acids is 1. The SMILES string of the molecule is CCOC(=O)[C@H]1CCC[C@H]1CS(=O)(=O)c1ccc(-c2ccc(F)cc2F)cc1. The highest BCUT2D eigenvalue weighted by atomic mass is 32.2. The fraction of sp³-hybridized carbons (Fsp3) is 0.381. The Morgan fingerprint density at radius 3 is 2.46 bits per heavy atom. The van der Waals surface area contributed by atoms with Crippen molar-refractivity contribution in [2.75, 3.05) is 12.4 Å². The molecule has 4 nitrogen and oxygen atoms in total. The molecule has 3 rings (SSSR count). The first-order chi connectivity index (χ1) is 13.3. The second-order valence-corrected chi connectivity index (χ2v) is 9.01. The minimum Gasteiger partial charge on any atom is -0.466 e. The fourth-order valence-electron chi connectivity index (χ4n) is 3.74.